The first kappa shape index (κ1) is 13.4. The molecular formula is C14H17NO4. The summed E-state index contributed by atoms with van der Waals surface area (Å²) in [5.41, 5.74) is -0.0898. The van der Waals surface area contributed by atoms with Gasteiger partial charge in [-0.05, 0) is 26.0 Å². The lowest BCUT2D eigenvalue weighted by Crippen LogP contribution is -2.46. The predicted molar refractivity (Wildman–Crippen MR) is 70.3 cm³/mol. The molecule has 5 nitrogen and oxygen atoms in total. The molecule has 1 saturated heterocycles. The SMILES string of the molecule is COc1cccc(N2C(=O)CC(C(=O)O)C2(C)C)c1. The number of amides is 1. The molecule has 0 radical (unpaired) electrons. The van der Waals surface area contributed by atoms with E-state index in [1.54, 1.807) is 50.1 Å². The van der Waals surface area contributed by atoms with Crippen LogP contribution in [0.15, 0.2) is 24.3 Å². The highest BCUT2D eigenvalue weighted by atomic mass is 16.5. The van der Waals surface area contributed by atoms with Crippen LogP contribution < -0.4 is 9.64 Å². The standard InChI is InChI=1S/C14H17NO4/c1-14(2)11(13(17)18)8-12(16)15(14)9-5-4-6-10(7-9)19-3/h4-7,11H,8H2,1-3H3,(H,17,18). The van der Waals surface area contributed by atoms with E-state index in [0.717, 1.165) is 0 Å². The van der Waals surface area contributed by atoms with E-state index in [9.17, 15) is 14.7 Å². The number of nitrogens with zero attached hydrogens (tertiary/aromatic N) is 1. The second kappa shape index (κ2) is 4.57. The van der Waals surface area contributed by atoms with Crippen LogP contribution in [0.25, 0.3) is 0 Å². The van der Waals surface area contributed by atoms with E-state index < -0.39 is 17.4 Å². The molecular weight excluding hydrogens is 246 g/mol. The van der Waals surface area contributed by atoms with Crippen molar-refractivity contribution >= 4 is 17.6 Å². The van der Waals surface area contributed by atoms with Gasteiger partial charge in [0.25, 0.3) is 0 Å². The molecule has 1 aromatic carbocycles. The summed E-state index contributed by atoms with van der Waals surface area (Å²) < 4.78 is 5.14. The Hall–Kier alpha value is -2.04. The fourth-order valence-corrected chi connectivity index (χ4v) is 2.61. The van der Waals surface area contributed by atoms with E-state index in [1.165, 1.54) is 0 Å². The normalized spacial score (nSPS) is 21.5. The van der Waals surface area contributed by atoms with Crippen molar-refractivity contribution in [2.24, 2.45) is 5.92 Å². The maximum absolute atomic E-state index is 12.1. The Bertz CT molecular complexity index is 524. The number of hydrogen-bond acceptors (Lipinski definition) is 3. The third kappa shape index (κ3) is 2.16. The molecule has 0 aromatic heterocycles. The number of anilines is 1. The Labute approximate surface area is 111 Å². The van der Waals surface area contributed by atoms with E-state index >= 15 is 0 Å². The topological polar surface area (TPSA) is 66.8 Å². The first-order chi connectivity index (χ1) is 8.87. The van der Waals surface area contributed by atoms with Crippen molar-refractivity contribution in [3.05, 3.63) is 24.3 Å². The fraction of sp³-hybridized carbons (Fsp3) is 0.429. The molecule has 0 saturated carbocycles. The van der Waals surface area contributed by atoms with Crippen molar-refractivity contribution in [1.82, 2.24) is 0 Å². The largest absolute Gasteiger partial charge is 0.497 e. The Morgan fingerprint density at radius 3 is 2.68 bits per heavy atom. The summed E-state index contributed by atoms with van der Waals surface area (Å²) in [6, 6.07) is 7.09. The number of ether oxygens (including phenoxy) is 1. The van der Waals surface area contributed by atoms with Gasteiger partial charge in [0.2, 0.25) is 5.91 Å². The van der Waals surface area contributed by atoms with Gasteiger partial charge in [0.15, 0.2) is 0 Å². The number of benzene rings is 1. The molecule has 5 heteroatoms. The third-order valence-corrected chi connectivity index (χ3v) is 3.67. The van der Waals surface area contributed by atoms with Crippen LogP contribution in [0.3, 0.4) is 0 Å². The number of carboxylic acids is 1. The molecule has 1 aliphatic heterocycles. The smallest absolute Gasteiger partial charge is 0.309 e. The quantitative estimate of drug-likeness (QED) is 0.904. The van der Waals surface area contributed by atoms with E-state index in [4.69, 9.17) is 4.74 Å². The average molecular weight is 263 g/mol. The Morgan fingerprint density at radius 1 is 1.47 bits per heavy atom. The summed E-state index contributed by atoms with van der Waals surface area (Å²) in [6.07, 6.45) is 0.0273. The van der Waals surface area contributed by atoms with Crippen LogP contribution in [0.2, 0.25) is 0 Å². The number of methoxy groups -OCH3 is 1. The molecule has 1 aliphatic rings. The Balaban J connectivity index is 2.43. The van der Waals surface area contributed by atoms with Crippen LogP contribution in [0.1, 0.15) is 20.3 Å². The second-order valence-corrected chi connectivity index (χ2v) is 5.18. The number of carbonyl (C=O) groups excluding carboxylic acids is 1. The molecule has 1 unspecified atom stereocenters. The summed E-state index contributed by atoms with van der Waals surface area (Å²) >= 11 is 0. The van der Waals surface area contributed by atoms with Crippen molar-refractivity contribution < 1.29 is 19.4 Å². The first-order valence-corrected chi connectivity index (χ1v) is 6.08. The number of carboxylic acid groups (broad SMARTS) is 1. The molecule has 102 valence electrons. The summed E-state index contributed by atoms with van der Waals surface area (Å²) in [6.45, 7) is 3.55. The minimum atomic E-state index is -0.941. The highest BCUT2D eigenvalue weighted by Crippen LogP contribution is 2.40. The van der Waals surface area contributed by atoms with Gasteiger partial charge in [-0.3, -0.25) is 9.59 Å². The van der Waals surface area contributed by atoms with Crippen molar-refractivity contribution in [2.75, 3.05) is 12.0 Å². The van der Waals surface area contributed by atoms with Gasteiger partial charge < -0.3 is 14.7 Å². The maximum Gasteiger partial charge on any atom is 0.309 e. The minimum absolute atomic E-state index is 0.0273. The van der Waals surface area contributed by atoms with Crippen LogP contribution in [-0.2, 0) is 9.59 Å². The number of aliphatic carboxylic acids is 1. The fourth-order valence-electron chi connectivity index (χ4n) is 2.61. The van der Waals surface area contributed by atoms with Gasteiger partial charge in [0, 0.05) is 18.2 Å². The van der Waals surface area contributed by atoms with Crippen LogP contribution in [0, 0.1) is 5.92 Å². The molecule has 1 heterocycles. The molecule has 1 fully saturated rings. The highest BCUT2D eigenvalue weighted by molar-refractivity contribution is 6.01. The monoisotopic (exact) mass is 263 g/mol. The van der Waals surface area contributed by atoms with E-state index in [-0.39, 0.29) is 12.3 Å². The minimum Gasteiger partial charge on any atom is -0.497 e. The average Bonchev–Trinajstić information content (AvgIpc) is 2.59. The second-order valence-electron chi connectivity index (χ2n) is 5.18. The molecule has 1 atom stereocenters. The van der Waals surface area contributed by atoms with Crippen molar-refractivity contribution in [2.45, 2.75) is 25.8 Å². The van der Waals surface area contributed by atoms with Crippen LogP contribution >= 0.6 is 0 Å². The van der Waals surface area contributed by atoms with Crippen molar-refractivity contribution in [3.63, 3.8) is 0 Å². The molecule has 0 aliphatic carbocycles. The zero-order chi connectivity index (χ0) is 14.2. The molecule has 0 bridgehead atoms. The van der Waals surface area contributed by atoms with Gasteiger partial charge >= 0.3 is 5.97 Å². The van der Waals surface area contributed by atoms with Gasteiger partial charge in [0.1, 0.15) is 5.75 Å². The molecule has 1 aromatic rings. The number of carbonyl (C=O) groups is 2. The Kier molecular flexibility index (Phi) is 3.22. The number of hydrogen-bond donors (Lipinski definition) is 1. The molecule has 19 heavy (non-hydrogen) atoms. The molecule has 0 spiro atoms. The molecule has 1 amide bonds. The van der Waals surface area contributed by atoms with Crippen LogP contribution in [0.4, 0.5) is 5.69 Å². The van der Waals surface area contributed by atoms with Gasteiger partial charge in [-0.1, -0.05) is 6.07 Å². The maximum atomic E-state index is 12.1. The van der Waals surface area contributed by atoms with Crippen molar-refractivity contribution in [1.29, 1.82) is 0 Å². The third-order valence-electron chi connectivity index (χ3n) is 3.67. The van der Waals surface area contributed by atoms with Gasteiger partial charge in [-0.15, -0.1) is 0 Å². The number of rotatable bonds is 3. The predicted octanol–water partition coefficient (Wildman–Crippen LogP) is 1.91. The molecule has 1 N–H and O–H groups in total. The van der Waals surface area contributed by atoms with Crippen LogP contribution in [-0.4, -0.2) is 29.6 Å². The van der Waals surface area contributed by atoms with E-state index in [0.29, 0.717) is 11.4 Å². The van der Waals surface area contributed by atoms with Crippen LogP contribution in [0.5, 0.6) is 5.75 Å². The lowest BCUT2D eigenvalue weighted by Gasteiger charge is -2.34. The zero-order valence-electron chi connectivity index (χ0n) is 11.2. The summed E-state index contributed by atoms with van der Waals surface area (Å²) in [5.74, 6) is -1.18. The highest BCUT2D eigenvalue weighted by Gasteiger charge is 2.50. The van der Waals surface area contributed by atoms with Gasteiger partial charge in [0.05, 0.1) is 18.6 Å². The lowest BCUT2D eigenvalue weighted by atomic mass is 9.88. The van der Waals surface area contributed by atoms with E-state index in [2.05, 4.69) is 0 Å². The van der Waals surface area contributed by atoms with Gasteiger partial charge in [-0.2, -0.15) is 0 Å². The zero-order valence-corrected chi connectivity index (χ0v) is 11.2. The Morgan fingerprint density at radius 2 is 2.16 bits per heavy atom. The lowest BCUT2D eigenvalue weighted by molar-refractivity contribution is -0.143. The van der Waals surface area contributed by atoms with E-state index in [1.807, 2.05) is 0 Å². The summed E-state index contributed by atoms with van der Waals surface area (Å²) in [4.78, 5) is 24.9. The summed E-state index contributed by atoms with van der Waals surface area (Å²) in [7, 11) is 1.55. The summed E-state index contributed by atoms with van der Waals surface area (Å²) in [5, 5.41) is 9.23. The van der Waals surface area contributed by atoms with Gasteiger partial charge in [-0.25, -0.2) is 0 Å². The van der Waals surface area contributed by atoms with Crippen molar-refractivity contribution in [3.8, 4) is 5.75 Å². The molecule has 2 rings (SSSR count). The first-order valence-electron chi connectivity index (χ1n) is 6.08.